The largest absolute Gasteiger partial charge is 0.479 e. The summed E-state index contributed by atoms with van der Waals surface area (Å²) in [6.07, 6.45) is -6.10. The van der Waals surface area contributed by atoms with E-state index in [0.29, 0.717) is 45.1 Å². The van der Waals surface area contributed by atoms with Gasteiger partial charge in [0.25, 0.3) is 11.8 Å². The maximum Gasteiger partial charge on any atom is 0.335 e. The van der Waals surface area contributed by atoms with Crippen molar-refractivity contribution in [2.24, 2.45) is 5.73 Å². The third-order valence-electron chi connectivity index (χ3n) is 4.92. The molecule has 0 aliphatic rings. The molecule has 0 aromatic rings. The Morgan fingerprint density at radius 3 is 2.03 bits per heavy atom. The summed E-state index contributed by atoms with van der Waals surface area (Å²) in [5.74, 6) is -3.88. The van der Waals surface area contributed by atoms with Crippen LogP contribution in [0.1, 0.15) is 38.5 Å². The van der Waals surface area contributed by atoms with Gasteiger partial charge in [0.15, 0.2) is 18.2 Å². The quantitative estimate of drug-likeness (QED) is 0.0703. The molecule has 0 aromatic carbocycles. The number of carboxylic acids is 1. The first-order valence-corrected chi connectivity index (χ1v) is 10.6. The highest BCUT2D eigenvalue weighted by Gasteiger charge is 2.37. The summed E-state index contributed by atoms with van der Waals surface area (Å²) >= 11 is 0. The fraction of sp³-hybridized carbons (Fsp3) is 0.789. The van der Waals surface area contributed by atoms with E-state index in [2.05, 4.69) is 16.4 Å². The summed E-state index contributed by atoms with van der Waals surface area (Å²) < 4.78 is 4.69. The van der Waals surface area contributed by atoms with Gasteiger partial charge in [-0.2, -0.15) is 0 Å². The summed E-state index contributed by atoms with van der Waals surface area (Å²) in [6, 6.07) is -1.46. The molecule has 6 atom stereocenters. The Morgan fingerprint density at radius 2 is 1.48 bits per heavy atom. The molecule has 12 N–H and O–H groups in total. The first kappa shape index (κ1) is 30.6. The molecule has 0 radical (unpaired) electrons. The van der Waals surface area contributed by atoms with E-state index in [4.69, 9.17) is 15.6 Å². The first-order valence-electron chi connectivity index (χ1n) is 10.6. The van der Waals surface area contributed by atoms with Crippen molar-refractivity contribution in [3.8, 4) is 0 Å². The van der Waals surface area contributed by atoms with E-state index in [1.165, 1.54) is 7.11 Å². The van der Waals surface area contributed by atoms with Crippen molar-refractivity contribution in [3.05, 3.63) is 0 Å². The van der Waals surface area contributed by atoms with Gasteiger partial charge in [0.1, 0.15) is 18.2 Å². The molecule has 2 amide bonds. The van der Waals surface area contributed by atoms with Gasteiger partial charge in [-0.15, -0.1) is 0 Å². The molecule has 0 rings (SSSR count). The number of aliphatic hydroxyl groups is 4. The summed E-state index contributed by atoms with van der Waals surface area (Å²) in [7, 11) is 1.23. The third-order valence-corrected chi connectivity index (χ3v) is 4.92. The number of ether oxygens (including phenoxy) is 1. The lowest BCUT2D eigenvalue weighted by Crippen LogP contribution is -2.68. The number of carbonyl (C=O) groups is 4. The molecule has 14 heteroatoms. The van der Waals surface area contributed by atoms with Crippen LogP contribution in [-0.2, 0) is 23.9 Å². The van der Waals surface area contributed by atoms with Crippen molar-refractivity contribution in [1.82, 2.24) is 10.6 Å². The summed E-state index contributed by atoms with van der Waals surface area (Å²) in [5, 5.41) is 51.4. The number of carboxylic acid groups (broad SMARTS) is 1. The van der Waals surface area contributed by atoms with Crippen LogP contribution in [0.15, 0.2) is 0 Å². The molecule has 0 aliphatic carbocycles. The fourth-order valence-electron chi connectivity index (χ4n) is 2.81. The average molecular weight is 482 g/mol. The maximum absolute atomic E-state index is 12.3. The van der Waals surface area contributed by atoms with E-state index in [1.807, 2.05) is 0 Å². The van der Waals surface area contributed by atoms with Crippen LogP contribution in [0.2, 0.25) is 0 Å². The number of amides is 2. The van der Waals surface area contributed by atoms with Crippen LogP contribution in [0.3, 0.4) is 0 Å². The molecule has 192 valence electrons. The van der Waals surface area contributed by atoms with Gasteiger partial charge < -0.3 is 52.4 Å². The zero-order valence-electron chi connectivity index (χ0n) is 18.7. The Hall–Kier alpha value is -2.36. The molecule has 0 heterocycles. The van der Waals surface area contributed by atoms with Crippen molar-refractivity contribution >= 4 is 23.8 Å². The Balaban J connectivity index is 4.36. The molecule has 0 aliphatic heterocycles. The number of methoxy groups -OCH3 is 1. The molecule has 0 saturated heterocycles. The molecule has 0 spiro atoms. The average Bonchev–Trinajstić information content (AvgIpc) is 2.80. The number of hydrogen-bond donors (Lipinski definition) is 9. The number of unbranched alkanes of at least 4 members (excludes halogenated alkanes) is 2. The van der Waals surface area contributed by atoms with Crippen LogP contribution in [0.5, 0.6) is 0 Å². The van der Waals surface area contributed by atoms with Crippen LogP contribution in [0.4, 0.5) is 0 Å². The van der Waals surface area contributed by atoms with Gasteiger partial charge in [-0.05, 0) is 38.6 Å². The molecular weight excluding hydrogens is 444 g/mol. The molecule has 0 bridgehead atoms. The minimum Gasteiger partial charge on any atom is -0.479 e. The lowest BCUT2D eigenvalue weighted by Gasteiger charge is -2.24. The fourth-order valence-corrected chi connectivity index (χ4v) is 2.81. The maximum atomic E-state index is 12.3. The molecule has 0 aromatic heterocycles. The molecule has 14 nitrogen and oxygen atoms in total. The SMILES string of the molecule is COC(=O)C(CCCCN)NC(=O)[C@@H]([NH3+])CCCCNC(=O)[C@@H](O)[C@H](O)[C@H](O)[C@@H](O)C(=O)O. The van der Waals surface area contributed by atoms with E-state index in [1.54, 1.807) is 0 Å². The van der Waals surface area contributed by atoms with Crippen LogP contribution >= 0.6 is 0 Å². The number of nitrogens with two attached hydrogens (primary N) is 1. The number of quaternary nitrogens is 1. The van der Waals surface area contributed by atoms with Crippen molar-refractivity contribution < 1.29 is 55.2 Å². The van der Waals surface area contributed by atoms with Crippen molar-refractivity contribution in [1.29, 1.82) is 0 Å². The highest BCUT2D eigenvalue weighted by Crippen LogP contribution is 2.07. The number of carbonyl (C=O) groups excluding carboxylic acids is 3. The van der Waals surface area contributed by atoms with Crippen molar-refractivity contribution in [3.63, 3.8) is 0 Å². The highest BCUT2D eigenvalue weighted by molar-refractivity contribution is 5.86. The number of aliphatic carboxylic acids is 1. The second-order valence-corrected chi connectivity index (χ2v) is 7.56. The smallest absolute Gasteiger partial charge is 0.335 e. The van der Waals surface area contributed by atoms with Gasteiger partial charge in [-0.3, -0.25) is 9.59 Å². The summed E-state index contributed by atoms with van der Waals surface area (Å²) in [6.45, 7) is 0.523. The van der Waals surface area contributed by atoms with Crippen LogP contribution < -0.4 is 22.1 Å². The van der Waals surface area contributed by atoms with Gasteiger partial charge in [-0.25, -0.2) is 9.59 Å². The van der Waals surface area contributed by atoms with Gasteiger partial charge >= 0.3 is 11.9 Å². The Kier molecular flexibility index (Phi) is 15.1. The van der Waals surface area contributed by atoms with Crippen molar-refractivity contribution in [2.75, 3.05) is 20.2 Å². The molecule has 1 unspecified atom stereocenters. The van der Waals surface area contributed by atoms with Crippen LogP contribution in [0.25, 0.3) is 0 Å². The molecule has 0 fully saturated rings. The van der Waals surface area contributed by atoms with E-state index in [-0.39, 0.29) is 6.54 Å². The van der Waals surface area contributed by atoms with Gasteiger partial charge in [0.05, 0.1) is 7.11 Å². The molecular formula is C19H37N4O10+. The predicted molar refractivity (Wildman–Crippen MR) is 112 cm³/mol. The van der Waals surface area contributed by atoms with Crippen molar-refractivity contribution in [2.45, 2.75) is 75.0 Å². The van der Waals surface area contributed by atoms with E-state index < -0.39 is 60.3 Å². The van der Waals surface area contributed by atoms with Gasteiger partial charge in [0.2, 0.25) is 0 Å². The number of esters is 1. The van der Waals surface area contributed by atoms with E-state index in [9.17, 15) is 39.6 Å². The monoisotopic (exact) mass is 481 g/mol. The Morgan fingerprint density at radius 1 is 0.909 bits per heavy atom. The summed E-state index contributed by atoms with van der Waals surface area (Å²) in [4.78, 5) is 46.5. The predicted octanol–water partition coefficient (Wildman–Crippen LogP) is -4.80. The Labute approximate surface area is 191 Å². The highest BCUT2D eigenvalue weighted by atomic mass is 16.5. The molecule has 33 heavy (non-hydrogen) atoms. The van der Waals surface area contributed by atoms with E-state index in [0.717, 1.165) is 0 Å². The zero-order valence-corrected chi connectivity index (χ0v) is 18.7. The number of hydrogen-bond acceptors (Lipinski definition) is 10. The minimum atomic E-state index is -2.37. The Bertz CT molecular complexity index is 636. The van der Waals surface area contributed by atoms with Crippen LogP contribution in [-0.4, -0.2) is 106 Å². The normalized spacial score (nSPS) is 16.6. The second kappa shape index (κ2) is 16.3. The van der Waals surface area contributed by atoms with Gasteiger partial charge in [-0.1, -0.05) is 0 Å². The summed E-state index contributed by atoms with van der Waals surface area (Å²) in [5.41, 5.74) is 9.19. The van der Waals surface area contributed by atoms with E-state index >= 15 is 0 Å². The lowest BCUT2D eigenvalue weighted by atomic mass is 10.0. The first-order chi connectivity index (χ1) is 15.5. The third kappa shape index (κ3) is 11.4. The zero-order chi connectivity index (χ0) is 25.6. The lowest BCUT2D eigenvalue weighted by molar-refractivity contribution is -0.405. The molecule has 0 saturated carbocycles. The van der Waals surface area contributed by atoms with Crippen LogP contribution in [0, 0.1) is 0 Å². The number of aliphatic hydroxyl groups excluding tert-OH is 4. The number of nitrogens with one attached hydrogen (secondary N) is 2. The number of rotatable bonds is 17. The standard InChI is InChI=1S/C19H36N4O10/c1-33-19(32)11(7-2-4-8-20)23-16(28)10(21)6-3-5-9-22-17(29)14(26)12(24)13(25)15(27)18(30)31/h10-15,24-27H,2-9,20-21H2,1H3,(H,22,29)(H,23,28)(H,30,31)/p+1/t10-,11?,12+,13-,14-,15+/m0/s1. The topological polar surface area (TPSA) is 256 Å². The van der Waals surface area contributed by atoms with Gasteiger partial charge in [0, 0.05) is 13.0 Å². The second-order valence-electron chi connectivity index (χ2n) is 7.56. The minimum absolute atomic E-state index is 0.0540.